The van der Waals surface area contributed by atoms with E-state index in [-0.39, 0.29) is 32.7 Å². The van der Waals surface area contributed by atoms with Gasteiger partial charge in [0.15, 0.2) is 0 Å². The van der Waals surface area contributed by atoms with Crippen molar-refractivity contribution in [2.75, 3.05) is 16.8 Å². The van der Waals surface area contributed by atoms with Crippen molar-refractivity contribution in [3.8, 4) is 0 Å². The van der Waals surface area contributed by atoms with Crippen LogP contribution in [0.25, 0.3) is 0 Å². The Morgan fingerprint density at radius 1 is 0.907 bits per heavy atom. The van der Waals surface area contributed by atoms with Gasteiger partial charge in [0.05, 0.1) is 15.9 Å². The highest BCUT2D eigenvalue weighted by Crippen LogP contribution is 2.49. The van der Waals surface area contributed by atoms with Crippen LogP contribution in [-0.2, 0) is 10.8 Å². The molecule has 2 aliphatic rings. The first kappa shape index (κ1) is 35.5. The van der Waals surface area contributed by atoms with Gasteiger partial charge < -0.3 is 10.2 Å². The zero-order valence-corrected chi connectivity index (χ0v) is 28.0. The van der Waals surface area contributed by atoms with Crippen molar-refractivity contribution in [3.63, 3.8) is 0 Å². The molecule has 1 atom stereocenters. The molecule has 1 unspecified atom stereocenters. The van der Waals surface area contributed by atoms with Gasteiger partial charge in [-0.25, -0.2) is 0 Å². The summed E-state index contributed by atoms with van der Waals surface area (Å²) in [6.45, 7) is 24.2. The third-order valence-corrected chi connectivity index (χ3v) is 8.39. The molecule has 2 aromatic rings. The van der Waals surface area contributed by atoms with Gasteiger partial charge >= 0.3 is 0 Å². The van der Waals surface area contributed by atoms with Crippen LogP contribution < -0.4 is 10.2 Å². The summed E-state index contributed by atoms with van der Waals surface area (Å²) in [7, 11) is 0. The summed E-state index contributed by atoms with van der Waals surface area (Å²) in [4.78, 5) is 24.3. The maximum atomic E-state index is 11.4. The molecule has 1 N–H and O–H groups in total. The molecule has 0 aliphatic carbocycles. The number of hydrogen-bond donors (Lipinski definition) is 1. The van der Waals surface area contributed by atoms with Crippen LogP contribution in [0.2, 0.25) is 0 Å². The smallest absolute Gasteiger partial charge is 0.269 e. The Balaban J connectivity index is 0.000000836. The van der Waals surface area contributed by atoms with E-state index < -0.39 is 5.41 Å². The first-order chi connectivity index (χ1) is 20.1. The average molecular weight is 593 g/mol. The Kier molecular flexibility index (Phi) is 12.1. The van der Waals surface area contributed by atoms with Crippen LogP contribution in [0.5, 0.6) is 0 Å². The molecule has 8 nitrogen and oxygen atoms in total. The summed E-state index contributed by atoms with van der Waals surface area (Å²) in [5.74, 6) is 1.41. The summed E-state index contributed by atoms with van der Waals surface area (Å²) in [6.07, 6.45) is 8.55. The van der Waals surface area contributed by atoms with E-state index >= 15 is 0 Å². The molecular formula is C35H52N4O4. The van der Waals surface area contributed by atoms with Crippen LogP contribution in [0.1, 0.15) is 100 Å². The van der Waals surface area contributed by atoms with Gasteiger partial charge in [0.25, 0.3) is 11.4 Å². The van der Waals surface area contributed by atoms with E-state index in [2.05, 4.69) is 84.7 Å². The summed E-state index contributed by atoms with van der Waals surface area (Å²) in [5, 5.41) is 26.2. The highest BCUT2D eigenvalue weighted by Gasteiger charge is 2.41. The minimum absolute atomic E-state index is 0.0385. The van der Waals surface area contributed by atoms with Gasteiger partial charge in [0, 0.05) is 58.7 Å². The standard InChI is InChI=1S/C28H34N4O4.C5H12.C2H6/c1-18(2)14-15-30-24-13-11-20(32(35)36)17-22(24)28(5,6)26(30)9-7-8-25-27(3,4)21-16-19(31(33)34)10-12-23(21)29-25;1-4-5(2)3;1-2/h7-13,16-18,25,29H,14-15H2,1-6H3;5H,4H2,1-3H3;1-2H3/b8-7+,26-9+;;. The van der Waals surface area contributed by atoms with Gasteiger partial charge in [-0.1, -0.05) is 94.7 Å². The SMILES string of the molecule is CC.CC(C)CCN1/C(=C/C=C/C2Nc3ccc([N+](=O)[O-])cc3C2(C)C)C(C)(C)c2cc([N+](=O)[O-])ccc21.CCC(C)C. The molecule has 0 aromatic heterocycles. The zero-order valence-electron chi connectivity index (χ0n) is 28.0. The number of hydrogen-bond acceptors (Lipinski definition) is 6. The number of anilines is 2. The van der Waals surface area contributed by atoms with E-state index in [1.54, 1.807) is 24.3 Å². The van der Waals surface area contributed by atoms with Crippen molar-refractivity contribution in [1.82, 2.24) is 0 Å². The van der Waals surface area contributed by atoms with Crippen molar-refractivity contribution in [1.29, 1.82) is 0 Å². The van der Waals surface area contributed by atoms with E-state index in [4.69, 9.17) is 0 Å². The Bertz CT molecular complexity index is 1340. The number of nitrogens with one attached hydrogen (secondary N) is 1. The second-order valence-corrected chi connectivity index (χ2v) is 13.0. The topological polar surface area (TPSA) is 102 Å². The maximum Gasteiger partial charge on any atom is 0.269 e. The normalized spacial score (nSPS) is 18.5. The fourth-order valence-electron chi connectivity index (χ4n) is 5.27. The van der Waals surface area contributed by atoms with Crippen LogP contribution in [0.4, 0.5) is 22.7 Å². The number of nitro groups is 2. The van der Waals surface area contributed by atoms with Crippen molar-refractivity contribution < 1.29 is 9.85 Å². The fourth-order valence-corrected chi connectivity index (χ4v) is 5.27. The van der Waals surface area contributed by atoms with Crippen molar-refractivity contribution in [2.24, 2.45) is 11.8 Å². The van der Waals surface area contributed by atoms with E-state index in [1.165, 1.54) is 12.5 Å². The van der Waals surface area contributed by atoms with Gasteiger partial charge in [-0.05, 0) is 47.6 Å². The summed E-state index contributed by atoms with van der Waals surface area (Å²) in [5.41, 5.74) is 4.38. The number of rotatable bonds is 8. The molecule has 2 aliphatic heterocycles. The number of non-ortho nitro benzene ring substituents is 2. The number of allylic oxidation sites excluding steroid dienone is 3. The molecule has 0 amide bonds. The second-order valence-electron chi connectivity index (χ2n) is 13.0. The largest absolute Gasteiger partial charge is 0.378 e. The van der Waals surface area contributed by atoms with Crippen molar-refractivity contribution in [2.45, 2.75) is 106 Å². The Hall–Kier alpha value is -3.68. The van der Waals surface area contributed by atoms with Gasteiger partial charge in [-0.3, -0.25) is 20.2 Å². The molecule has 4 rings (SSSR count). The minimum Gasteiger partial charge on any atom is -0.378 e. The Morgan fingerprint density at radius 3 is 1.95 bits per heavy atom. The molecule has 0 saturated heterocycles. The van der Waals surface area contributed by atoms with Crippen LogP contribution >= 0.6 is 0 Å². The number of nitrogens with zero attached hydrogens (tertiary/aromatic N) is 3. The van der Waals surface area contributed by atoms with Gasteiger partial charge in [-0.15, -0.1) is 0 Å². The summed E-state index contributed by atoms with van der Waals surface area (Å²) < 4.78 is 0. The zero-order chi connectivity index (χ0) is 32.7. The molecule has 43 heavy (non-hydrogen) atoms. The highest BCUT2D eigenvalue weighted by molar-refractivity contribution is 5.73. The van der Waals surface area contributed by atoms with Crippen molar-refractivity contribution >= 4 is 22.7 Å². The first-order valence-corrected chi connectivity index (χ1v) is 15.6. The lowest BCUT2D eigenvalue weighted by molar-refractivity contribution is -0.385. The predicted octanol–water partition coefficient (Wildman–Crippen LogP) is 9.94. The molecule has 8 heteroatoms. The Morgan fingerprint density at radius 2 is 1.44 bits per heavy atom. The van der Waals surface area contributed by atoms with Crippen molar-refractivity contribution in [3.05, 3.63) is 91.7 Å². The highest BCUT2D eigenvalue weighted by atomic mass is 16.6. The Labute approximate surface area is 258 Å². The lowest BCUT2D eigenvalue weighted by atomic mass is 9.80. The molecule has 2 aromatic carbocycles. The quantitative estimate of drug-likeness (QED) is 0.242. The summed E-state index contributed by atoms with van der Waals surface area (Å²) in [6, 6.07) is 10.1. The predicted molar refractivity (Wildman–Crippen MR) is 180 cm³/mol. The van der Waals surface area contributed by atoms with Crippen LogP contribution in [0.3, 0.4) is 0 Å². The maximum absolute atomic E-state index is 11.4. The lowest BCUT2D eigenvalue weighted by Gasteiger charge is -2.28. The molecule has 2 heterocycles. The summed E-state index contributed by atoms with van der Waals surface area (Å²) >= 11 is 0. The fraction of sp³-hybridized carbons (Fsp3) is 0.543. The molecule has 0 radical (unpaired) electrons. The lowest BCUT2D eigenvalue weighted by Crippen LogP contribution is -2.31. The number of nitro benzene ring substituents is 2. The number of benzene rings is 2. The molecule has 0 bridgehead atoms. The first-order valence-electron chi connectivity index (χ1n) is 15.6. The van der Waals surface area contributed by atoms with E-state index in [0.29, 0.717) is 5.92 Å². The van der Waals surface area contributed by atoms with E-state index in [1.807, 2.05) is 26.0 Å². The molecule has 0 spiro atoms. The van der Waals surface area contributed by atoms with Gasteiger partial charge in [0.1, 0.15) is 0 Å². The molecule has 0 saturated carbocycles. The second kappa shape index (κ2) is 14.7. The molecule has 236 valence electrons. The number of fused-ring (bicyclic) bond motifs is 2. The van der Waals surface area contributed by atoms with Crippen LogP contribution in [-0.4, -0.2) is 22.4 Å². The van der Waals surface area contributed by atoms with Gasteiger partial charge in [0.2, 0.25) is 0 Å². The molecular weight excluding hydrogens is 540 g/mol. The van der Waals surface area contributed by atoms with Crippen LogP contribution in [0.15, 0.2) is 60.3 Å². The third kappa shape index (κ3) is 8.03. The average Bonchev–Trinajstić information content (AvgIpc) is 3.33. The van der Waals surface area contributed by atoms with Gasteiger partial charge in [-0.2, -0.15) is 0 Å². The van der Waals surface area contributed by atoms with Crippen LogP contribution in [0, 0.1) is 32.1 Å². The third-order valence-electron chi connectivity index (χ3n) is 8.39. The minimum atomic E-state index is -0.398. The monoisotopic (exact) mass is 592 g/mol. The van der Waals surface area contributed by atoms with E-state index in [0.717, 1.165) is 47.1 Å². The van der Waals surface area contributed by atoms with E-state index in [9.17, 15) is 20.2 Å². The molecule has 0 fully saturated rings.